The highest BCUT2D eigenvalue weighted by atomic mass is 14.4. The van der Waals surface area contributed by atoms with Crippen LogP contribution in [0.25, 0.3) is 21.5 Å². The largest absolute Gasteiger partial charge is 0.0757 e. The number of hydrogen-bond donors (Lipinski definition) is 0. The van der Waals surface area contributed by atoms with E-state index in [1.807, 2.05) is 0 Å². The molecule has 24 heavy (non-hydrogen) atoms. The number of rotatable bonds is 0. The van der Waals surface area contributed by atoms with Crippen LogP contribution in [0.3, 0.4) is 0 Å². The smallest absolute Gasteiger partial charge is 0.0276 e. The summed E-state index contributed by atoms with van der Waals surface area (Å²) in [5.41, 5.74) is 5.96. The Morgan fingerprint density at radius 2 is 0.708 bits per heavy atom. The summed E-state index contributed by atoms with van der Waals surface area (Å²) in [4.78, 5) is 0. The van der Waals surface area contributed by atoms with E-state index >= 15 is 0 Å². The zero-order valence-electron chi connectivity index (χ0n) is 13.2. The molecular weight excluding hydrogens is 288 g/mol. The van der Waals surface area contributed by atoms with E-state index in [-0.39, 0.29) is 0 Å². The van der Waals surface area contributed by atoms with Crippen molar-refractivity contribution in [2.24, 2.45) is 0 Å². The molecule has 3 aliphatic carbocycles. The summed E-state index contributed by atoms with van der Waals surface area (Å²) >= 11 is 0. The van der Waals surface area contributed by atoms with Gasteiger partial charge in [-0.15, -0.1) is 0 Å². The standard InChI is InChI=1S/C24H16/c1-2-6-16-12-22-20-10-9-19(21(22)11-15(16)5-1)23-13-17-7-3-4-8-18(17)14-24(20)23/h1-14,19-20H. The van der Waals surface area contributed by atoms with E-state index in [2.05, 4.69) is 84.9 Å². The van der Waals surface area contributed by atoms with Gasteiger partial charge in [-0.25, -0.2) is 0 Å². The van der Waals surface area contributed by atoms with Crippen LogP contribution in [0.2, 0.25) is 0 Å². The monoisotopic (exact) mass is 304 g/mol. The third-order valence-corrected chi connectivity index (χ3v) is 5.74. The van der Waals surface area contributed by atoms with Crippen LogP contribution in [0.15, 0.2) is 84.9 Å². The molecule has 0 nitrogen and oxygen atoms in total. The maximum Gasteiger partial charge on any atom is 0.0276 e. The Bertz CT molecular complexity index is 985. The second-order valence-electron chi connectivity index (χ2n) is 7.00. The number of allylic oxidation sites excluding steroid dienone is 2. The van der Waals surface area contributed by atoms with E-state index in [1.54, 1.807) is 0 Å². The molecule has 0 amide bonds. The molecule has 0 heterocycles. The van der Waals surface area contributed by atoms with Gasteiger partial charge in [-0.3, -0.25) is 0 Å². The Labute approximate surface area is 141 Å². The van der Waals surface area contributed by atoms with E-state index in [0.717, 1.165) is 0 Å². The van der Waals surface area contributed by atoms with Crippen molar-refractivity contribution in [3.63, 3.8) is 0 Å². The molecule has 0 spiro atoms. The van der Waals surface area contributed by atoms with E-state index in [0.29, 0.717) is 11.8 Å². The van der Waals surface area contributed by atoms with Crippen molar-refractivity contribution < 1.29 is 0 Å². The summed E-state index contributed by atoms with van der Waals surface area (Å²) in [7, 11) is 0. The average Bonchev–Trinajstić information content (AvgIpc) is 2.65. The van der Waals surface area contributed by atoms with Crippen molar-refractivity contribution in [3.8, 4) is 0 Å². The maximum absolute atomic E-state index is 2.41. The third-order valence-electron chi connectivity index (χ3n) is 5.74. The van der Waals surface area contributed by atoms with Crippen LogP contribution < -0.4 is 0 Å². The first-order valence-electron chi connectivity index (χ1n) is 8.62. The minimum Gasteiger partial charge on any atom is -0.0757 e. The Kier molecular flexibility index (Phi) is 2.28. The van der Waals surface area contributed by atoms with Gasteiger partial charge >= 0.3 is 0 Å². The Hall–Kier alpha value is -2.86. The fraction of sp³-hybridized carbons (Fsp3) is 0.0833. The zero-order chi connectivity index (χ0) is 15.7. The lowest BCUT2D eigenvalue weighted by Gasteiger charge is -2.36. The Morgan fingerprint density at radius 3 is 1.00 bits per heavy atom. The SMILES string of the molecule is C1=CC2c3cc4ccccc4cc3C1c1cc3ccccc3cc12. The summed E-state index contributed by atoms with van der Waals surface area (Å²) in [6.45, 7) is 0. The second kappa shape index (κ2) is 4.36. The lowest BCUT2D eigenvalue weighted by Crippen LogP contribution is -2.20. The van der Waals surface area contributed by atoms with Gasteiger partial charge in [0.15, 0.2) is 0 Å². The fourth-order valence-corrected chi connectivity index (χ4v) is 4.60. The molecular formula is C24H16. The van der Waals surface area contributed by atoms with Crippen LogP contribution in [-0.2, 0) is 0 Å². The van der Waals surface area contributed by atoms with Gasteiger partial charge in [-0.1, -0.05) is 60.7 Å². The van der Waals surface area contributed by atoms with Gasteiger partial charge in [0.2, 0.25) is 0 Å². The summed E-state index contributed by atoms with van der Waals surface area (Å²) in [6.07, 6.45) is 4.80. The van der Waals surface area contributed by atoms with Crippen LogP contribution in [-0.4, -0.2) is 0 Å². The molecule has 0 radical (unpaired) electrons. The minimum atomic E-state index is 0.397. The first-order chi connectivity index (χ1) is 11.9. The molecule has 0 fully saturated rings. The predicted octanol–water partition coefficient (Wildman–Crippen LogP) is 6.14. The van der Waals surface area contributed by atoms with E-state index in [1.165, 1.54) is 43.8 Å². The normalized spacial score (nSPS) is 20.3. The average molecular weight is 304 g/mol. The van der Waals surface area contributed by atoms with Crippen LogP contribution in [0.5, 0.6) is 0 Å². The fourth-order valence-electron chi connectivity index (χ4n) is 4.60. The Morgan fingerprint density at radius 1 is 0.417 bits per heavy atom. The van der Waals surface area contributed by atoms with Crippen LogP contribution in [0, 0.1) is 0 Å². The quantitative estimate of drug-likeness (QED) is 0.342. The zero-order valence-corrected chi connectivity index (χ0v) is 13.2. The molecule has 0 unspecified atom stereocenters. The highest BCUT2D eigenvalue weighted by molar-refractivity contribution is 5.89. The first-order valence-corrected chi connectivity index (χ1v) is 8.62. The van der Waals surface area contributed by atoms with Crippen molar-refractivity contribution in [1.82, 2.24) is 0 Å². The summed E-state index contributed by atoms with van der Waals surface area (Å²) in [5.74, 6) is 0.795. The van der Waals surface area contributed by atoms with E-state index in [9.17, 15) is 0 Å². The molecule has 0 saturated carbocycles. The van der Waals surface area contributed by atoms with Gasteiger partial charge in [0.25, 0.3) is 0 Å². The van der Waals surface area contributed by atoms with Gasteiger partial charge in [0.1, 0.15) is 0 Å². The molecule has 0 atom stereocenters. The molecule has 4 aromatic carbocycles. The predicted molar refractivity (Wildman–Crippen MR) is 101 cm³/mol. The molecule has 7 rings (SSSR count). The van der Waals surface area contributed by atoms with Crippen molar-refractivity contribution >= 4 is 21.5 Å². The first kappa shape index (κ1) is 12.5. The lowest BCUT2D eigenvalue weighted by molar-refractivity contribution is 0.817. The van der Waals surface area contributed by atoms with Crippen LogP contribution in [0.4, 0.5) is 0 Å². The van der Waals surface area contributed by atoms with Gasteiger partial charge in [0.05, 0.1) is 0 Å². The lowest BCUT2D eigenvalue weighted by atomic mass is 9.67. The molecule has 0 N–H and O–H groups in total. The highest BCUT2D eigenvalue weighted by Crippen LogP contribution is 2.50. The Balaban J connectivity index is 1.68. The van der Waals surface area contributed by atoms with Crippen LogP contribution in [0.1, 0.15) is 34.1 Å². The van der Waals surface area contributed by atoms with Gasteiger partial charge in [-0.05, 0) is 68.1 Å². The van der Waals surface area contributed by atoms with Gasteiger partial charge in [-0.2, -0.15) is 0 Å². The summed E-state index contributed by atoms with van der Waals surface area (Å²) < 4.78 is 0. The van der Waals surface area contributed by atoms with Crippen LogP contribution >= 0.6 is 0 Å². The molecule has 0 aromatic heterocycles. The molecule has 3 aliphatic rings. The summed E-state index contributed by atoms with van der Waals surface area (Å²) in [5, 5.41) is 5.39. The summed E-state index contributed by atoms with van der Waals surface area (Å²) in [6, 6.07) is 27.1. The second-order valence-corrected chi connectivity index (χ2v) is 7.00. The van der Waals surface area contributed by atoms with Crippen molar-refractivity contribution in [1.29, 1.82) is 0 Å². The van der Waals surface area contributed by atoms with Crippen molar-refractivity contribution in [2.75, 3.05) is 0 Å². The third kappa shape index (κ3) is 1.53. The molecule has 2 bridgehead atoms. The molecule has 0 heteroatoms. The molecule has 0 saturated heterocycles. The highest BCUT2D eigenvalue weighted by Gasteiger charge is 2.34. The van der Waals surface area contributed by atoms with Gasteiger partial charge < -0.3 is 0 Å². The van der Waals surface area contributed by atoms with Crippen molar-refractivity contribution in [2.45, 2.75) is 11.8 Å². The molecule has 0 aliphatic heterocycles. The van der Waals surface area contributed by atoms with E-state index in [4.69, 9.17) is 0 Å². The topological polar surface area (TPSA) is 0 Å². The van der Waals surface area contributed by atoms with E-state index < -0.39 is 0 Å². The minimum absolute atomic E-state index is 0.397. The maximum atomic E-state index is 2.41. The van der Waals surface area contributed by atoms with Crippen molar-refractivity contribution in [3.05, 3.63) is 107 Å². The van der Waals surface area contributed by atoms with Gasteiger partial charge in [0, 0.05) is 11.8 Å². The molecule has 4 aromatic rings. The number of hydrogen-bond acceptors (Lipinski definition) is 0. The number of fused-ring (bicyclic) bond motifs is 2. The number of benzene rings is 4. The molecule has 112 valence electrons.